The van der Waals surface area contributed by atoms with Gasteiger partial charge in [-0.1, -0.05) is 54.1 Å². The van der Waals surface area contributed by atoms with E-state index in [0.29, 0.717) is 0 Å². The van der Waals surface area contributed by atoms with Gasteiger partial charge in [0.05, 0.1) is 0 Å². The van der Waals surface area contributed by atoms with E-state index in [2.05, 4.69) is 59.7 Å². The molecule has 1 aromatic heterocycles. The monoisotopic (exact) mass is 262 g/mol. The maximum Gasteiger partial charge on any atom is 0.0346 e. The molecular weight excluding hydrogens is 244 g/mol. The van der Waals surface area contributed by atoms with E-state index in [-0.39, 0.29) is 0 Å². The molecule has 0 unspecified atom stereocenters. The zero-order chi connectivity index (χ0) is 13.8. The first kappa shape index (κ1) is 12.8. The summed E-state index contributed by atoms with van der Waals surface area (Å²) in [5.41, 5.74) is 3.87. The number of aromatic nitrogens is 1. The molecule has 0 bridgehead atoms. The number of benzene rings is 2. The van der Waals surface area contributed by atoms with Crippen LogP contribution in [0, 0.1) is 6.92 Å². The van der Waals surface area contributed by atoms with Crippen molar-refractivity contribution in [3.05, 3.63) is 77.6 Å². The Balaban J connectivity index is 1.71. The van der Waals surface area contributed by atoms with Crippen LogP contribution in [0.5, 0.6) is 0 Å². The largest absolute Gasteiger partial charge is 0.309 e. The van der Waals surface area contributed by atoms with Crippen molar-refractivity contribution < 1.29 is 0 Å². The van der Waals surface area contributed by atoms with Crippen LogP contribution in [0.2, 0.25) is 0 Å². The second kappa shape index (κ2) is 5.85. The highest BCUT2D eigenvalue weighted by Gasteiger charge is 2.01. The minimum absolute atomic E-state index is 0.836. The van der Waals surface area contributed by atoms with E-state index >= 15 is 0 Å². The molecule has 0 saturated heterocycles. The average molecular weight is 262 g/mol. The van der Waals surface area contributed by atoms with E-state index in [0.717, 1.165) is 13.1 Å². The Morgan fingerprint density at radius 3 is 2.75 bits per heavy atom. The molecule has 100 valence electrons. The molecule has 2 aromatic carbocycles. The lowest BCUT2D eigenvalue weighted by Crippen LogP contribution is -2.13. The van der Waals surface area contributed by atoms with Gasteiger partial charge in [0.2, 0.25) is 0 Å². The summed E-state index contributed by atoms with van der Waals surface area (Å²) in [7, 11) is 0. The number of pyridine rings is 1. The molecule has 2 heteroatoms. The minimum atomic E-state index is 0.836. The third kappa shape index (κ3) is 2.86. The molecular formula is C18H18N2. The van der Waals surface area contributed by atoms with Crippen molar-refractivity contribution in [1.82, 2.24) is 10.3 Å². The lowest BCUT2D eigenvalue weighted by molar-refractivity contribution is 0.694. The van der Waals surface area contributed by atoms with E-state index in [4.69, 9.17) is 0 Å². The number of nitrogens with zero attached hydrogens (tertiary/aromatic N) is 1. The zero-order valence-corrected chi connectivity index (χ0v) is 11.6. The smallest absolute Gasteiger partial charge is 0.0346 e. The highest BCUT2D eigenvalue weighted by molar-refractivity contribution is 5.84. The van der Waals surface area contributed by atoms with Gasteiger partial charge in [-0.25, -0.2) is 0 Å². The summed E-state index contributed by atoms with van der Waals surface area (Å²) in [5, 5.41) is 5.97. The second-order valence-electron chi connectivity index (χ2n) is 5.11. The van der Waals surface area contributed by atoms with E-state index < -0.39 is 0 Å². The molecule has 3 aromatic rings. The van der Waals surface area contributed by atoms with Crippen molar-refractivity contribution >= 4 is 10.8 Å². The summed E-state index contributed by atoms with van der Waals surface area (Å²) in [6.45, 7) is 3.84. The summed E-state index contributed by atoms with van der Waals surface area (Å²) >= 11 is 0. The normalized spacial score (nSPS) is 10.8. The Morgan fingerprint density at radius 1 is 0.950 bits per heavy atom. The van der Waals surface area contributed by atoms with Crippen LogP contribution in [0.25, 0.3) is 10.8 Å². The first-order chi connectivity index (χ1) is 9.83. The molecule has 0 radical (unpaired) electrons. The van der Waals surface area contributed by atoms with E-state index in [1.807, 2.05) is 18.5 Å². The van der Waals surface area contributed by atoms with Crippen LogP contribution in [0.3, 0.4) is 0 Å². The summed E-state index contributed by atoms with van der Waals surface area (Å²) in [6.07, 6.45) is 3.87. The van der Waals surface area contributed by atoms with Crippen molar-refractivity contribution in [2.45, 2.75) is 20.0 Å². The van der Waals surface area contributed by atoms with Gasteiger partial charge in [0.1, 0.15) is 0 Å². The van der Waals surface area contributed by atoms with Crippen LogP contribution in [-0.4, -0.2) is 4.98 Å². The molecule has 0 atom stereocenters. The summed E-state index contributed by atoms with van der Waals surface area (Å²) < 4.78 is 0. The van der Waals surface area contributed by atoms with Crippen molar-refractivity contribution in [2.24, 2.45) is 0 Å². The highest BCUT2D eigenvalue weighted by atomic mass is 14.9. The molecule has 0 aliphatic carbocycles. The van der Waals surface area contributed by atoms with Gasteiger partial charge in [0.25, 0.3) is 0 Å². The number of hydrogen-bond acceptors (Lipinski definition) is 2. The van der Waals surface area contributed by atoms with Gasteiger partial charge >= 0.3 is 0 Å². The molecule has 1 heterocycles. The summed E-state index contributed by atoms with van der Waals surface area (Å²) in [6, 6.07) is 17.0. The maximum atomic E-state index is 4.31. The average Bonchev–Trinajstić information content (AvgIpc) is 2.48. The minimum Gasteiger partial charge on any atom is -0.309 e. The predicted molar refractivity (Wildman–Crippen MR) is 83.5 cm³/mol. The SMILES string of the molecule is Cc1cccc(CNCc2cncc3ccccc23)c1. The van der Waals surface area contributed by atoms with Gasteiger partial charge in [-0.15, -0.1) is 0 Å². The molecule has 0 aliphatic rings. The second-order valence-corrected chi connectivity index (χ2v) is 5.11. The van der Waals surface area contributed by atoms with Crippen LogP contribution in [-0.2, 0) is 13.1 Å². The van der Waals surface area contributed by atoms with Crippen molar-refractivity contribution in [3.63, 3.8) is 0 Å². The van der Waals surface area contributed by atoms with Crippen molar-refractivity contribution in [2.75, 3.05) is 0 Å². The fourth-order valence-electron chi connectivity index (χ4n) is 2.48. The molecule has 0 aliphatic heterocycles. The molecule has 2 nitrogen and oxygen atoms in total. The Labute approximate surface area is 119 Å². The van der Waals surface area contributed by atoms with Crippen molar-refractivity contribution in [1.29, 1.82) is 0 Å². The fraction of sp³-hybridized carbons (Fsp3) is 0.167. The van der Waals surface area contributed by atoms with Crippen LogP contribution < -0.4 is 5.32 Å². The number of nitrogens with one attached hydrogen (secondary N) is 1. The molecule has 0 saturated carbocycles. The Bertz CT molecular complexity index is 714. The summed E-state index contributed by atoms with van der Waals surface area (Å²) in [4.78, 5) is 4.31. The topological polar surface area (TPSA) is 24.9 Å². The van der Waals surface area contributed by atoms with Crippen LogP contribution in [0.4, 0.5) is 0 Å². The van der Waals surface area contributed by atoms with E-state index in [9.17, 15) is 0 Å². The maximum absolute atomic E-state index is 4.31. The fourth-order valence-corrected chi connectivity index (χ4v) is 2.48. The highest BCUT2D eigenvalue weighted by Crippen LogP contribution is 2.16. The Kier molecular flexibility index (Phi) is 3.75. The van der Waals surface area contributed by atoms with Crippen LogP contribution in [0.1, 0.15) is 16.7 Å². The third-order valence-electron chi connectivity index (χ3n) is 3.48. The van der Waals surface area contributed by atoms with Gasteiger partial charge in [-0.3, -0.25) is 4.98 Å². The number of aryl methyl sites for hydroxylation is 1. The number of hydrogen-bond donors (Lipinski definition) is 1. The van der Waals surface area contributed by atoms with Gasteiger partial charge in [0.15, 0.2) is 0 Å². The lowest BCUT2D eigenvalue weighted by atomic mass is 10.1. The lowest BCUT2D eigenvalue weighted by Gasteiger charge is -2.08. The first-order valence-electron chi connectivity index (χ1n) is 6.91. The number of rotatable bonds is 4. The van der Waals surface area contributed by atoms with E-state index in [1.165, 1.54) is 27.5 Å². The molecule has 3 rings (SSSR count). The van der Waals surface area contributed by atoms with Gasteiger partial charge in [-0.2, -0.15) is 0 Å². The van der Waals surface area contributed by atoms with Gasteiger partial charge in [-0.05, 0) is 23.4 Å². The van der Waals surface area contributed by atoms with Crippen LogP contribution in [0.15, 0.2) is 60.9 Å². The molecule has 0 fully saturated rings. The molecule has 20 heavy (non-hydrogen) atoms. The Morgan fingerprint density at radius 2 is 1.85 bits per heavy atom. The molecule has 0 spiro atoms. The summed E-state index contributed by atoms with van der Waals surface area (Å²) in [5.74, 6) is 0. The standard InChI is InChI=1S/C18H18N2/c1-14-5-4-6-15(9-14)10-19-12-17-13-20-11-16-7-2-3-8-18(16)17/h2-9,11,13,19H,10,12H2,1H3. The van der Waals surface area contributed by atoms with Gasteiger partial charge in [0, 0.05) is 30.9 Å². The predicted octanol–water partition coefficient (Wildman–Crippen LogP) is 3.83. The van der Waals surface area contributed by atoms with Gasteiger partial charge < -0.3 is 5.32 Å². The van der Waals surface area contributed by atoms with Crippen molar-refractivity contribution in [3.8, 4) is 0 Å². The third-order valence-corrected chi connectivity index (χ3v) is 3.48. The zero-order valence-electron chi connectivity index (χ0n) is 11.6. The molecule has 1 N–H and O–H groups in total. The molecule has 0 amide bonds. The Hall–Kier alpha value is -2.19. The van der Waals surface area contributed by atoms with E-state index in [1.54, 1.807) is 0 Å². The number of fused-ring (bicyclic) bond motifs is 1. The quantitative estimate of drug-likeness (QED) is 0.773. The first-order valence-corrected chi connectivity index (χ1v) is 6.91. The van der Waals surface area contributed by atoms with Crippen LogP contribution >= 0.6 is 0 Å².